The molecule has 0 bridgehead atoms. The van der Waals surface area contributed by atoms with E-state index in [2.05, 4.69) is 31.2 Å². The highest BCUT2D eigenvalue weighted by Gasteiger charge is 1.95. The Morgan fingerprint density at radius 2 is 1.20 bits per heavy atom. The minimum absolute atomic E-state index is 0.250. The molecule has 0 saturated carbocycles. The SMILES string of the molecule is CCCCC/C=C\C/C=C\CCCCCCCC(=O)O.CCO.OO. The lowest BCUT2D eigenvalue weighted by atomic mass is 10.1. The van der Waals surface area contributed by atoms with Crippen LogP contribution in [0.4, 0.5) is 0 Å². The van der Waals surface area contributed by atoms with E-state index in [1.807, 2.05) is 0 Å². The third-order valence-electron chi connectivity index (χ3n) is 3.34. The van der Waals surface area contributed by atoms with Crippen molar-refractivity contribution >= 4 is 5.97 Å². The zero-order valence-electron chi connectivity index (χ0n) is 16.2. The summed E-state index contributed by atoms with van der Waals surface area (Å²) in [5, 5.41) is 28.1. The zero-order valence-corrected chi connectivity index (χ0v) is 16.2. The van der Waals surface area contributed by atoms with Crippen LogP contribution < -0.4 is 0 Å². The topological polar surface area (TPSA) is 98.0 Å². The van der Waals surface area contributed by atoms with Crippen LogP contribution in [0.3, 0.4) is 0 Å². The van der Waals surface area contributed by atoms with Crippen molar-refractivity contribution in [2.75, 3.05) is 6.61 Å². The number of hydrogen-bond acceptors (Lipinski definition) is 4. The van der Waals surface area contributed by atoms with Gasteiger partial charge in [-0.3, -0.25) is 15.3 Å². The molecule has 0 aromatic heterocycles. The predicted octanol–water partition coefficient (Wildman–Crippen LogP) is 5.90. The summed E-state index contributed by atoms with van der Waals surface area (Å²) in [6.07, 6.45) is 22.3. The van der Waals surface area contributed by atoms with Gasteiger partial charge in [0.05, 0.1) is 0 Å². The minimum atomic E-state index is -0.671. The molecule has 0 amide bonds. The monoisotopic (exact) mass is 360 g/mol. The van der Waals surface area contributed by atoms with Gasteiger partial charge in [-0.2, -0.15) is 0 Å². The number of carboxylic acids is 1. The molecular formula is C20H40O5. The van der Waals surface area contributed by atoms with Crippen molar-refractivity contribution in [1.82, 2.24) is 0 Å². The second-order valence-corrected chi connectivity index (χ2v) is 5.69. The Labute approximate surface area is 154 Å². The third kappa shape index (κ3) is 39.5. The van der Waals surface area contributed by atoms with Crippen molar-refractivity contribution in [2.24, 2.45) is 0 Å². The van der Waals surface area contributed by atoms with E-state index in [4.69, 9.17) is 20.7 Å². The molecule has 0 saturated heterocycles. The number of hydrogen-bond donors (Lipinski definition) is 4. The Morgan fingerprint density at radius 3 is 1.68 bits per heavy atom. The zero-order chi connectivity index (χ0) is 19.6. The molecule has 4 N–H and O–H groups in total. The molecule has 0 spiro atoms. The molecule has 5 nitrogen and oxygen atoms in total. The second-order valence-electron chi connectivity index (χ2n) is 5.69. The van der Waals surface area contributed by atoms with Crippen molar-refractivity contribution in [1.29, 1.82) is 0 Å². The Bertz CT molecular complexity index is 288. The molecule has 150 valence electrons. The van der Waals surface area contributed by atoms with Crippen LogP contribution >= 0.6 is 0 Å². The van der Waals surface area contributed by atoms with Crippen LogP contribution in [-0.2, 0) is 4.79 Å². The standard InChI is InChI=1S/C18H32O2.C2H6O.H2O2/c1-2-3-4-5-6-7-8-9-10-11-12-13-14-15-16-17-18(19)20;1-2-3;1-2/h6-7,9-10H,2-5,8,11-17H2,1H3,(H,19,20);3H,2H2,1H3;1-2H/b7-6-,10-9-;;. The fraction of sp³-hybridized carbons (Fsp3) is 0.750. The molecule has 0 aromatic rings. The third-order valence-corrected chi connectivity index (χ3v) is 3.34. The molecule has 0 heterocycles. The maximum atomic E-state index is 10.3. The van der Waals surface area contributed by atoms with E-state index in [0.717, 1.165) is 25.7 Å². The molecule has 0 aliphatic carbocycles. The van der Waals surface area contributed by atoms with Gasteiger partial charge in [-0.15, -0.1) is 0 Å². The molecule has 0 fully saturated rings. The Balaban J connectivity index is -0.000000866. The summed E-state index contributed by atoms with van der Waals surface area (Å²) in [6, 6.07) is 0. The fourth-order valence-corrected chi connectivity index (χ4v) is 2.09. The quantitative estimate of drug-likeness (QED) is 0.134. The lowest BCUT2D eigenvalue weighted by Gasteiger charge is -1.98. The Kier molecular flexibility index (Phi) is 35.1. The second kappa shape index (κ2) is 30.7. The van der Waals surface area contributed by atoms with E-state index < -0.39 is 5.97 Å². The molecule has 0 aliphatic heterocycles. The average molecular weight is 361 g/mol. The summed E-state index contributed by atoms with van der Waals surface area (Å²) in [5.74, 6) is -0.671. The van der Waals surface area contributed by atoms with Gasteiger partial charge in [-0.05, 0) is 45.4 Å². The summed E-state index contributed by atoms with van der Waals surface area (Å²) in [7, 11) is 0. The van der Waals surface area contributed by atoms with E-state index in [-0.39, 0.29) is 6.61 Å². The number of allylic oxidation sites excluding steroid dienone is 4. The molecule has 0 atom stereocenters. The van der Waals surface area contributed by atoms with Crippen molar-refractivity contribution in [3.63, 3.8) is 0 Å². The van der Waals surface area contributed by atoms with Crippen LogP contribution in [0.2, 0.25) is 0 Å². The molecule has 5 heteroatoms. The lowest BCUT2D eigenvalue weighted by Crippen LogP contribution is -1.93. The van der Waals surface area contributed by atoms with Gasteiger partial charge in [0.2, 0.25) is 0 Å². The molecule has 0 radical (unpaired) electrons. The van der Waals surface area contributed by atoms with Crippen molar-refractivity contribution in [3.05, 3.63) is 24.3 Å². The van der Waals surface area contributed by atoms with E-state index in [1.54, 1.807) is 6.92 Å². The number of carbonyl (C=O) groups is 1. The van der Waals surface area contributed by atoms with Gasteiger partial charge in [0.1, 0.15) is 0 Å². The lowest BCUT2D eigenvalue weighted by molar-refractivity contribution is -0.176. The highest BCUT2D eigenvalue weighted by atomic mass is 17.0. The summed E-state index contributed by atoms with van der Waals surface area (Å²) in [6.45, 7) is 4.17. The fourth-order valence-electron chi connectivity index (χ4n) is 2.09. The molecule has 0 unspecified atom stereocenters. The largest absolute Gasteiger partial charge is 0.481 e. The number of unbranched alkanes of at least 4 members (excludes halogenated alkanes) is 8. The van der Waals surface area contributed by atoms with Crippen LogP contribution in [0.15, 0.2) is 24.3 Å². The summed E-state index contributed by atoms with van der Waals surface area (Å²) in [5.41, 5.74) is 0. The van der Waals surface area contributed by atoms with E-state index in [9.17, 15) is 4.79 Å². The highest BCUT2D eigenvalue weighted by Crippen LogP contribution is 2.08. The summed E-state index contributed by atoms with van der Waals surface area (Å²) in [4.78, 5) is 10.3. The molecular weight excluding hydrogens is 320 g/mol. The van der Waals surface area contributed by atoms with Gasteiger partial charge in [-0.25, -0.2) is 0 Å². The normalized spacial score (nSPS) is 10.3. The molecule has 0 aliphatic rings. The van der Waals surface area contributed by atoms with Gasteiger partial charge in [0.15, 0.2) is 0 Å². The molecule has 0 aromatic carbocycles. The van der Waals surface area contributed by atoms with Crippen molar-refractivity contribution in [3.8, 4) is 0 Å². The van der Waals surface area contributed by atoms with Gasteiger partial charge >= 0.3 is 5.97 Å². The van der Waals surface area contributed by atoms with Crippen molar-refractivity contribution < 1.29 is 25.5 Å². The number of aliphatic carboxylic acids is 1. The van der Waals surface area contributed by atoms with Gasteiger partial charge in [-0.1, -0.05) is 63.3 Å². The smallest absolute Gasteiger partial charge is 0.303 e. The van der Waals surface area contributed by atoms with E-state index in [0.29, 0.717) is 6.42 Å². The van der Waals surface area contributed by atoms with Gasteiger partial charge in [0, 0.05) is 13.0 Å². The Morgan fingerprint density at radius 1 is 0.760 bits per heavy atom. The first-order valence-corrected chi connectivity index (χ1v) is 9.51. The first-order chi connectivity index (χ1) is 12.2. The summed E-state index contributed by atoms with van der Waals surface area (Å²) < 4.78 is 0. The van der Waals surface area contributed by atoms with Gasteiger partial charge in [0.25, 0.3) is 0 Å². The van der Waals surface area contributed by atoms with E-state index in [1.165, 1.54) is 44.9 Å². The maximum Gasteiger partial charge on any atom is 0.303 e. The average Bonchev–Trinajstić information content (AvgIpc) is 2.60. The maximum absolute atomic E-state index is 10.3. The van der Waals surface area contributed by atoms with Crippen LogP contribution in [-0.4, -0.2) is 33.3 Å². The number of carboxylic acid groups (broad SMARTS) is 1. The minimum Gasteiger partial charge on any atom is -0.481 e. The van der Waals surface area contributed by atoms with Crippen LogP contribution in [0, 0.1) is 0 Å². The first-order valence-electron chi connectivity index (χ1n) is 9.51. The predicted molar refractivity (Wildman–Crippen MR) is 105 cm³/mol. The number of aliphatic hydroxyl groups is 1. The number of aliphatic hydroxyl groups excluding tert-OH is 1. The molecule has 0 rings (SSSR count). The Hall–Kier alpha value is -1.17. The van der Waals surface area contributed by atoms with E-state index >= 15 is 0 Å². The summed E-state index contributed by atoms with van der Waals surface area (Å²) >= 11 is 0. The molecule has 25 heavy (non-hydrogen) atoms. The first kappa shape index (κ1) is 28.6. The number of rotatable bonds is 14. The van der Waals surface area contributed by atoms with Crippen LogP contribution in [0.5, 0.6) is 0 Å². The van der Waals surface area contributed by atoms with Crippen LogP contribution in [0.1, 0.15) is 90.9 Å². The van der Waals surface area contributed by atoms with Crippen molar-refractivity contribution in [2.45, 2.75) is 90.9 Å². The van der Waals surface area contributed by atoms with Crippen LogP contribution in [0.25, 0.3) is 0 Å². The van der Waals surface area contributed by atoms with Gasteiger partial charge < -0.3 is 10.2 Å². The highest BCUT2D eigenvalue weighted by molar-refractivity contribution is 5.66.